The van der Waals surface area contributed by atoms with Gasteiger partial charge < -0.3 is 10.0 Å². The summed E-state index contributed by atoms with van der Waals surface area (Å²) in [5.41, 5.74) is 0.0497. The van der Waals surface area contributed by atoms with E-state index < -0.39 is 9.84 Å². The van der Waals surface area contributed by atoms with Crippen molar-refractivity contribution in [2.45, 2.75) is 32.1 Å². The zero-order valence-corrected chi connectivity index (χ0v) is 11.2. The molecule has 0 aromatic carbocycles. The highest BCUT2D eigenvalue weighted by molar-refractivity contribution is 7.91. The lowest BCUT2D eigenvalue weighted by atomic mass is 9.86. The summed E-state index contributed by atoms with van der Waals surface area (Å²) in [4.78, 5) is 2.24. The van der Waals surface area contributed by atoms with E-state index in [-0.39, 0.29) is 17.8 Å². The molecular weight excluding hydrogens is 238 g/mol. The lowest BCUT2D eigenvalue weighted by Crippen LogP contribution is -2.40. The highest BCUT2D eigenvalue weighted by Crippen LogP contribution is 2.38. The molecule has 17 heavy (non-hydrogen) atoms. The SMILES string of the molecule is O=S1(=O)CCCN(CC2(CO)CCCC2)CC1. The second-order valence-corrected chi connectivity index (χ2v) is 7.95. The van der Waals surface area contributed by atoms with Crippen LogP contribution in [0, 0.1) is 5.41 Å². The molecule has 1 aliphatic carbocycles. The Balaban J connectivity index is 1.94. The number of nitrogens with zero attached hydrogens (tertiary/aromatic N) is 1. The van der Waals surface area contributed by atoms with Gasteiger partial charge in [0.15, 0.2) is 9.84 Å². The van der Waals surface area contributed by atoms with Crippen molar-refractivity contribution in [3.8, 4) is 0 Å². The van der Waals surface area contributed by atoms with E-state index >= 15 is 0 Å². The first kappa shape index (κ1) is 13.3. The van der Waals surface area contributed by atoms with Gasteiger partial charge in [-0.1, -0.05) is 12.8 Å². The average Bonchev–Trinajstić information content (AvgIpc) is 2.68. The third-order valence-corrected chi connectivity index (χ3v) is 5.92. The van der Waals surface area contributed by atoms with Crippen molar-refractivity contribution in [2.75, 3.05) is 37.7 Å². The van der Waals surface area contributed by atoms with Crippen LogP contribution in [0.2, 0.25) is 0 Å². The molecule has 1 heterocycles. The molecular formula is C12H23NO3S. The van der Waals surface area contributed by atoms with Gasteiger partial charge in [-0.25, -0.2) is 8.42 Å². The van der Waals surface area contributed by atoms with Crippen LogP contribution in [0.3, 0.4) is 0 Å². The van der Waals surface area contributed by atoms with Gasteiger partial charge in [-0.3, -0.25) is 0 Å². The second-order valence-electron chi connectivity index (χ2n) is 5.65. The Morgan fingerprint density at radius 2 is 1.76 bits per heavy atom. The fourth-order valence-electron chi connectivity index (χ4n) is 3.11. The van der Waals surface area contributed by atoms with Crippen LogP contribution in [0.15, 0.2) is 0 Å². The Morgan fingerprint density at radius 3 is 2.41 bits per heavy atom. The van der Waals surface area contributed by atoms with E-state index in [1.165, 1.54) is 12.8 Å². The van der Waals surface area contributed by atoms with Crippen molar-refractivity contribution in [1.29, 1.82) is 0 Å². The van der Waals surface area contributed by atoms with Crippen LogP contribution in [-0.4, -0.2) is 56.2 Å². The highest BCUT2D eigenvalue weighted by atomic mass is 32.2. The van der Waals surface area contributed by atoms with Crippen LogP contribution in [0.1, 0.15) is 32.1 Å². The maximum absolute atomic E-state index is 11.5. The summed E-state index contributed by atoms with van der Waals surface area (Å²) in [6.45, 7) is 2.63. The normalized spacial score (nSPS) is 29.0. The molecule has 0 aromatic heterocycles. The molecule has 1 N–H and O–H groups in total. The van der Waals surface area contributed by atoms with Crippen LogP contribution in [0.4, 0.5) is 0 Å². The smallest absolute Gasteiger partial charge is 0.151 e. The van der Waals surface area contributed by atoms with Crippen molar-refractivity contribution >= 4 is 9.84 Å². The first-order chi connectivity index (χ1) is 8.05. The van der Waals surface area contributed by atoms with Gasteiger partial charge in [-0.2, -0.15) is 0 Å². The molecule has 0 atom stereocenters. The fourth-order valence-corrected chi connectivity index (χ4v) is 4.42. The van der Waals surface area contributed by atoms with E-state index in [1.54, 1.807) is 0 Å². The first-order valence-electron chi connectivity index (χ1n) is 6.59. The Kier molecular flexibility index (Phi) is 4.10. The van der Waals surface area contributed by atoms with Gasteiger partial charge in [0.1, 0.15) is 0 Å². The summed E-state index contributed by atoms with van der Waals surface area (Å²) in [5, 5.41) is 9.58. The quantitative estimate of drug-likeness (QED) is 0.811. The number of hydrogen-bond acceptors (Lipinski definition) is 4. The molecule has 1 saturated heterocycles. The molecule has 100 valence electrons. The molecule has 0 radical (unpaired) electrons. The molecule has 2 rings (SSSR count). The van der Waals surface area contributed by atoms with Crippen LogP contribution < -0.4 is 0 Å². The molecule has 2 fully saturated rings. The molecule has 4 nitrogen and oxygen atoms in total. The number of aliphatic hydroxyl groups is 1. The number of hydrogen-bond donors (Lipinski definition) is 1. The van der Waals surface area contributed by atoms with Gasteiger partial charge >= 0.3 is 0 Å². The number of sulfone groups is 1. The van der Waals surface area contributed by atoms with Crippen LogP contribution in [0.25, 0.3) is 0 Å². The average molecular weight is 261 g/mol. The van der Waals surface area contributed by atoms with Crippen molar-refractivity contribution in [3.05, 3.63) is 0 Å². The zero-order valence-electron chi connectivity index (χ0n) is 10.4. The van der Waals surface area contributed by atoms with Crippen molar-refractivity contribution < 1.29 is 13.5 Å². The van der Waals surface area contributed by atoms with E-state index in [1.807, 2.05) is 0 Å². The molecule has 0 bridgehead atoms. The van der Waals surface area contributed by atoms with Gasteiger partial charge in [0, 0.05) is 25.1 Å². The van der Waals surface area contributed by atoms with Gasteiger partial charge in [0.25, 0.3) is 0 Å². The predicted octanol–water partition coefficient (Wildman–Crippen LogP) is 0.660. The van der Waals surface area contributed by atoms with Gasteiger partial charge in [0.2, 0.25) is 0 Å². The Hall–Kier alpha value is -0.130. The monoisotopic (exact) mass is 261 g/mol. The van der Waals surface area contributed by atoms with E-state index in [4.69, 9.17) is 0 Å². The van der Waals surface area contributed by atoms with E-state index in [9.17, 15) is 13.5 Å². The van der Waals surface area contributed by atoms with Crippen LogP contribution in [0.5, 0.6) is 0 Å². The highest BCUT2D eigenvalue weighted by Gasteiger charge is 2.35. The van der Waals surface area contributed by atoms with E-state index in [0.29, 0.717) is 12.3 Å². The summed E-state index contributed by atoms with van der Waals surface area (Å²) in [5.74, 6) is 0.615. The fraction of sp³-hybridized carbons (Fsp3) is 1.00. The minimum atomic E-state index is -2.82. The van der Waals surface area contributed by atoms with Crippen molar-refractivity contribution in [3.63, 3.8) is 0 Å². The standard InChI is InChI=1S/C12H23NO3S/c14-11-12(4-1-2-5-12)10-13-6-3-8-17(15,16)9-7-13/h14H,1-11H2. The minimum Gasteiger partial charge on any atom is -0.396 e. The summed E-state index contributed by atoms with van der Waals surface area (Å²) in [6.07, 6.45) is 5.32. The molecule has 5 heteroatoms. The third kappa shape index (κ3) is 3.42. The minimum absolute atomic E-state index is 0.0497. The van der Waals surface area contributed by atoms with Crippen LogP contribution in [-0.2, 0) is 9.84 Å². The van der Waals surface area contributed by atoms with Gasteiger partial charge in [0.05, 0.1) is 11.5 Å². The molecule has 0 spiro atoms. The van der Waals surface area contributed by atoms with Gasteiger partial charge in [-0.05, 0) is 25.8 Å². The van der Waals surface area contributed by atoms with Gasteiger partial charge in [-0.15, -0.1) is 0 Å². The first-order valence-corrected chi connectivity index (χ1v) is 8.41. The Labute approximate surface area is 104 Å². The lowest BCUT2D eigenvalue weighted by molar-refractivity contribution is 0.0816. The third-order valence-electron chi connectivity index (χ3n) is 4.21. The van der Waals surface area contributed by atoms with E-state index in [0.717, 1.165) is 32.4 Å². The molecule has 1 aliphatic heterocycles. The molecule has 0 amide bonds. The topological polar surface area (TPSA) is 57.6 Å². The van der Waals surface area contributed by atoms with Crippen molar-refractivity contribution in [2.24, 2.45) is 5.41 Å². The summed E-state index contributed by atoms with van der Waals surface area (Å²) in [7, 11) is -2.82. The Bertz CT molecular complexity index is 347. The zero-order chi connectivity index (χ0) is 12.4. The number of aliphatic hydroxyl groups excluding tert-OH is 1. The van der Waals surface area contributed by atoms with Crippen LogP contribution >= 0.6 is 0 Å². The predicted molar refractivity (Wildman–Crippen MR) is 67.7 cm³/mol. The second kappa shape index (κ2) is 5.24. The summed E-state index contributed by atoms with van der Waals surface area (Å²) < 4.78 is 23.1. The maximum Gasteiger partial charge on any atom is 0.151 e. The summed E-state index contributed by atoms with van der Waals surface area (Å²) >= 11 is 0. The largest absolute Gasteiger partial charge is 0.396 e. The molecule has 2 aliphatic rings. The number of rotatable bonds is 3. The molecule has 0 aromatic rings. The lowest BCUT2D eigenvalue weighted by Gasteiger charge is -2.33. The van der Waals surface area contributed by atoms with E-state index in [2.05, 4.69) is 4.90 Å². The summed E-state index contributed by atoms with van der Waals surface area (Å²) in [6, 6.07) is 0. The molecule has 0 unspecified atom stereocenters. The van der Waals surface area contributed by atoms with Crippen molar-refractivity contribution in [1.82, 2.24) is 4.90 Å². The Morgan fingerprint density at radius 1 is 1.06 bits per heavy atom. The molecule has 1 saturated carbocycles. The maximum atomic E-state index is 11.5.